The number of nitrogens with zero attached hydrogens (tertiary/aromatic N) is 2. The Morgan fingerprint density at radius 1 is 1.40 bits per heavy atom. The van der Waals surface area contributed by atoms with E-state index < -0.39 is 0 Å². The molecule has 1 aromatic rings. The SMILES string of the molecule is COC(c1noc(C(C)N)n1)C(C)(C)C. The zero-order valence-electron chi connectivity index (χ0n) is 9.94. The molecule has 0 aliphatic heterocycles. The fourth-order valence-corrected chi connectivity index (χ4v) is 1.38. The van der Waals surface area contributed by atoms with Gasteiger partial charge in [-0.1, -0.05) is 25.9 Å². The molecule has 0 aliphatic carbocycles. The van der Waals surface area contributed by atoms with E-state index in [1.807, 2.05) is 0 Å². The molecule has 0 aliphatic rings. The Labute approximate surface area is 90.0 Å². The third kappa shape index (κ3) is 2.76. The molecule has 0 aromatic carbocycles. The fraction of sp³-hybridized carbons (Fsp3) is 0.800. The van der Waals surface area contributed by atoms with Crippen LogP contribution in [0.3, 0.4) is 0 Å². The molecule has 5 nitrogen and oxygen atoms in total. The second kappa shape index (κ2) is 4.28. The van der Waals surface area contributed by atoms with Crippen LogP contribution >= 0.6 is 0 Å². The van der Waals surface area contributed by atoms with Crippen LogP contribution in [0.1, 0.15) is 51.6 Å². The first-order chi connectivity index (χ1) is 6.86. The third-order valence-corrected chi connectivity index (χ3v) is 2.10. The molecular weight excluding hydrogens is 194 g/mol. The molecule has 5 heteroatoms. The van der Waals surface area contributed by atoms with Crippen molar-refractivity contribution in [2.75, 3.05) is 7.11 Å². The van der Waals surface area contributed by atoms with E-state index in [9.17, 15) is 0 Å². The van der Waals surface area contributed by atoms with Crippen molar-refractivity contribution in [3.63, 3.8) is 0 Å². The van der Waals surface area contributed by atoms with Crippen molar-refractivity contribution in [3.8, 4) is 0 Å². The lowest BCUT2D eigenvalue weighted by atomic mass is 9.88. The van der Waals surface area contributed by atoms with Gasteiger partial charge in [0.05, 0.1) is 6.04 Å². The maximum Gasteiger partial charge on any atom is 0.243 e. The van der Waals surface area contributed by atoms with E-state index in [4.69, 9.17) is 15.0 Å². The van der Waals surface area contributed by atoms with E-state index in [0.29, 0.717) is 11.7 Å². The number of methoxy groups -OCH3 is 1. The maximum atomic E-state index is 5.64. The summed E-state index contributed by atoms with van der Waals surface area (Å²) in [5.41, 5.74) is 5.56. The predicted molar refractivity (Wildman–Crippen MR) is 56.1 cm³/mol. The standard InChI is InChI=1S/C10H19N3O2/c1-6(11)9-12-8(13-15-9)7(14-5)10(2,3)4/h6-7H,11H2,1-5H3. The molecule has 2 N–H and O–H groups in total. The molecule has 1 heterocycles. The van der Waals surface area contributed by atoms with Crippen molar-refractivity contribution in [1.29, 1.82) is 0 Å². The van der Waals surface area contributed by atoms with Crippen LogP contribution in [0, 0.1) is 5.41 Å². The van der Waals surface area contributed by atoms with E-state index in [1.54, 1.807) is 14.0 Å². The number of hydrogen-bond donors (Lipinski definition) is 1. The van der Waals surface area contributed by atoms with Crippen LogP contribution in [0.2, 0.25) is 0 Å². The van der Waals surface area contributed by atoms with Crippen LogP contribution in [0.4, 0.5) is 0 Å². The summed E-state index contributed by atoms with van der Waals surface area (Å²) in [6.07, 6.45) is -0.186. The monoisotopic (exact) mass is 213 g/mol. The molecule has 86 valence electrons. The summed E-state index contributed by atoms with van der Waals surface area (Å²) in [6.45, 7) is 7.98. The summed E-state index contributed by atoms with van der Waals surface area (Å²) in [5, 5.41) is 3.88. The summed E-state index contributed by atoms with van der Waals surface area (Å²) in [5.74, 6) is 0.994. The summed E-state index contributed by atoms with van der Waals surface area (Å²) >= 11 is 0. The van der Waals surface area contributed by atoms with Crippen LogP contribution in [0.25, 0.3) is 0 Å². The largest absolute Gasteiger partial charge is 0.373 e. The zero-order valence-corrected chi connectivity index (χ0v) is 9.94. The normalized spacial score (nSPS) is 16.4. The van der Waals surface area contributed by atoms with Crippen LogP contribution in [-0.4, -0.2) is 17.3 Å². The molecule has 2 atom stereocenters. The first kappa shape index (κ1) is 12.1. The lowest BCUT2D eigenvalue weighted by Gasteiger charge is -2.26. The highest BCUT2D eigenvalue weighted by Gasteiger charge is 2.30. The van der Waals surface area contributed by atoms with Crippen LogP contribution in [0.5, 0.6) is 0 Å². The zero-order chi connectivity index (χ0) is 11.6. The number of rotatable bonds is 3. The van der Waals surface area contributed by atoms with Gasteiger partial charge in [0.2, 0.25) is 11.7 Å². The number of nitrogens with two attached hydrogens (primary N) is 1. The van der Waals surface area contributed by atoms with Crippen molar-refractivity contribution >= 4 is 0 Å². The van der Waals surface area contributed by atoms with E-state index in [-0.39, 0.29) is 17.6 Å². The molecule has 0 saturated carbocycles. The summed E-state index contributed by atoms with van der Waals surface area (Å²) < 4.78 is 10.4. The summed E-state index contributed by atoms with van der Waals surface area (Å²) in [6, 6.07) is -0.247. The molecule has 1 aromatic heterocycles. The topological polar surface area (TPSA) is 74.2 Å². The average molecular weight is 213 g/mol. The highest BCUT2D eigenvalue weighted by atomic mass is 16.5. The fourth-order valence-electron chi connectivity index (χ4n) is 1.38. The Balaban J connectivity index is 2.93. The molecule has 0 spiro atoms. The van der Waals surface area contributed by atoms with Gasteiger partial charge in [-0.3, -0.25) is 0 Å². The lowest BCUT2D eigenvalue weighted by molar-refractivity contribution is 0.00718. The maximum absolute atomic E-state index is 5.64. The van der Waals surface area contributed by atoms with Crippen molar-refractivity contribution < 1.29 is 9.26 Å². The van der Waals surface area contributed by atoms with E-state index in [2.05, 4.69) is 30.9 Å². The quantitative estimate of drug-likeness (QED) is 0.829. The first-order valence-electron chi connectivity index (χ1n) is 4.98. The van der Waals surface area contributed by atoms with Gasteiger partial charge in [-0.05, 0) is 12.3 Å². The van der Waals surface area contributed by atoms with E-state index in [1.165, 1.54) is 0 Å². The van der Waals surface area contributed by atoms with Gasteiger partial charge in [0.1, 0.15) is 6.10 Å². The molecule has 0 radical (unpaired) electrons. The van der Waals surface area contributed by atoms with E-state index >= 15 is 0 Å². The van der Waals surface area contributed by atoms with Crippen molar-refractivity contribution in [3.05, 3.63) is 11.7 Å². The Morgan fingerprint density at radius 3 is 2.33 bits per heavy atom. The predicted octanol–water partition coefficient (Wildman–Crippen LogP) is 1.82. The Kier molecular flexibility index (Phi) is 3.46. The molecule has 0 saturated heterocycles. The molecule has 15 heavy (non-hydrogen) atoms. The number of hydrogen-bond acceptors (Lipinski definition) is 5. The van der Waals surface area contributed by atoms with Gasteiger partial charge in [0, 0.05) is 7.11 Å². The molecule has 2 unspecified atom stereocenters. The number of ether oxygens (including phenoxy) is 1. The summed E-state index contributed by atoms with van der Waals surface area (Å²) in [7, 11) is 1.64. The van der Waals surface area contributed by atoms with Gasteiger partial charge in [0.25, 0.3) is 0 Å². The van der Waals surface area contributed by atoms with Crippen molar-refractivity contribution in [2.45, 2.75) is 39.8 Å². The Hall–Kier alpha value is -0.940. The second-order valence-corrected chi connectivity index (χ2v) is 4.76. The Morgan fingerprint density at radius 2 is 2.00 bits per heavy atom. The van der Waals surface area contributed by atoms with Crippen LogP contribution in [0.15, 0.2) is 4.52 Å². The minimum atomic E-state index is -0.247. The third-order valence-electron chi connectivity index (χ3n) is 2.10. The smallest absolute Gasteiger partial charge is 0.243 e. The average Bonchev–Trinajstić information content (AvgIpc) is 2.51. The van der Waals surface area contributed by atoms with Crippen molar-refractivity contribution in [2.24, 2.45) is 11.1 Å². The van der Waals surface area contributed by atoms with Gasteiger partial charge in [-0.15, -0.1) is 0 Å². The molecule has 0 amide bonds. The minimum absolute atomic E-state index is 0.0757. The van der Waals surface area contributed by atoms with Gasteiger partial charge in [0.15, 0.2) is 0 Å². The second-order valence-electron chi connectivity index (χ2n) is 4.76. The van der Waals surface area contributed by atoms with Gasteiger partial charge in [-0.25, -0.2) is 0 Å². The van der Waals surface area contributed by atoms with Gasteiger partial charge < -0.3 is 15.0 Å². The van der Waals surface area contributed by atoms with Crippen LogP contribution < -0.4 is 5.73 Å². The minimum Gasteiger partial charge on any atom is -0.373 e. The Bertz CT molecular complexity index is 315. The molecule has 1 rings (SSSR count). The van der Waals surface area contributed by atoms with Crippen LogP contribution in [-0.2, 0) is 4.74 Å². The molecule has 0 fully saturated rings. The first-order valence-corrected chi connectivity index (χ1v) is 4.98. The van der Waals surface area contributed by atoms with Gasteiger partial charge >= 0.3 is 0 Å². The number of aromatic nitrogens is 2. The highest BCUT2D eigenvalue weighted by Crippen LogP contribution is 2.33. The molecule has 0 bridgehead atoms. The lowest BCUT2D eigenvalue weighted by Crippen LogP contribution is -2.21. The summed E-state index contributed by atoms with van der Waals surface area (Å²) in [4.78, 5) is 4.22. The molecular formula is C10H19N3O2. The van der Waals surface area contributed by atoms with Crippen molar-refractivity contribution in [1.82, 2.24) is 10.1 Å². The van der Waals surface area contributed by atoms with Gasteiger partial charge in [-0.2, -0.15) is 4.98 Å². The highest BCUT2D eigenvalue weighted by molar-refractivity contribution is 4.97. The van der Waals surface area contributed by atoms with E-state index in [0.717, 1.165) is 0 Å².